The first-order valence-electron chi connectivity index (χ1n) is 7.91. The fraction of sp³-hybridized carbons (Fsp3) is 0.688. The van der Waals surface area contributed by atoms with E-state index in [0.717, 1.165) is 12.8 Å². The highest BCUT2D eigenvalue weighted by molar-refractivity contribution is 7.85. The molecule has 0 unspecified atom stereocenters. The van der Waals surface area contributed by atoms with Crippen LogP contribution in [0.4, 0.5) is 0 Å². The summed E-state index contributed by atoms with van der Waals surface area (Å²) in [5.41, 5.74) is 0. The van der Waals surface area contributed by atoms with Crippen molar-refractivity contribution in [2.24, 2.45) is 0 Å². The molecule has 0 atom stereocenters. The smallest absolute Gasteiger partial charge is 0.166 e. The minimum atomic E-state index is -3.98. The summed E-state index contributed by atoms with van der Waals surface area (Å²) in [7, 11) is -3.98. The van der Waals surface area contributed by atoms with Crippen LogP contribution in [0.5, 0.6) is 0 Å². The van der Waals surface area contributed by atoms with E-state index < -0.39 is 10.1 Å². The zero-order valence-electron chi connectivity index (χ0n) is 13.1. The number of hydrogen-bond donors (Lipinski definition) is 0. The quantitative estimate of drug-likeness (QED) is 0.489. The molecule has 0 bridgehead atoms. The second-order valence-electron chi connectivity index (χ2n) is 5.17. The summed E-state index contributed by atoms with van der Waals surface area (Å²) < 4.78 is 30.8. The minimum Gasteiger partial charge on any atom is -0.748 e. The normalized spacial score (nSPS) is 10.8. The third-order valence-electron chi connectivity index (χ3n) is 3.11. The Kier molecular flexibility index (Phi) is 13.4. The van der Waals surface area contributed by atoms with Crippen LogP contribution in [0.3, 0.4) is 0 Å². The lowest BCUT2D eigenvalue weighted by molar-refractivity contribution is -0.377. The van der Waals surface area contributed by atoms with Gasteiger partial charge in [0.2, 0.25) is 0 Å². The van der Waals surface area contributed by atoms with Crippen molar-refractivity contribution in [3.05, 3.63) is 30.6 Å². The molecular weight excluding hydrogens is 286 g/mol. The number of aromatic nitrogens is 1. The summed E-state index contributed by atoms with van der Waals surface area (Å²) >= 11 is 0. The molecule has 0 aliphatic rings. The van der Waals surface area contributed by atoms with E-state index in [1.54, 1.807) is 0 Å². The average molecular weight is 315 g/mol. The van der Waals surface area contributed by atoms with Crippen LogP contribution in [-0.2, 0) is 10.1 Å². The molecule has 4 nitrogen and oxygen atoms in total. The van der Waals surface area contributed by atoms with Gasteiger partial charge in [-0.3, -0.25) is 0 Å². The number of nitrogens with one attached hydrogen (secondary N) is 1. The van der Waals surface area contributed by atoms with Crippen molar-refractivity contribution in [2.45, 2.75) is 64.7 Å². The van der Waals surface area contributed by atoms with E-state index in [9.17, 15) is 13.0 Å². The average Bonchev–Trinajstić information content (AvgIpc) is 2.47. The molecule has 0 radical (unpaired) electrons. The summed E-state index contributed by atoms with van der Waals surface area (Å²) in [4.78, 5) is 2.89. The summed E-state index contributed by atoms with van der Waals surface area (Å²) in [6, 6.07) is 5.86. The number of H-pyrrole nitrogens is 1. The Bertz CT molecular complexity index is 380. The summed E-state index contributed by atoms with van der Waals surface area (Å²) in [6.45, 7) is 2.20. The Morgan fingerprint density at radius 3 is 1.62 bits per heavy atom. The third kappa shape index (κ3) is 19.1. The summed E-state index contributed by atoms with van der Waals surface area (Å²) in [5, 5.41) is 0. The highest BCUT2D eigenvalue weighted by Gasteiger charge is 1.95. The van der Waals surface area contributed by atoms with Gasteiger partial charge in [-0.05, 0) is 6.42 Å². The second kappa shape index (κ2) is 14.0. The van der Waals surface area contributed by atoms with Gasteiger partial charge in [0.25, 0.3) is 0 Å². The van der Waals surface area contributed by atoms with Crippen molar-refractivity contribution in [1.29, 1.82) is 0 Å². The monoisotopic (exact) mass is 315 g/mol. The lowest BCUT2D eigenvalue weighted by Crippen LogP contribution is -2.03. The summed E-state index contributed by atoms with van der Waals surface area (Å²) in [5.74, 6) is -0.192. The van der Waals surface area contributed by atoms with Crippen LogP contribution in [0.1, 0.15) is 64.7 Å². The van der Waals surface area contributed by atoms with Crippen LogP contribution >= 0.6 is 0 Å². The number of pyridine rings is 1. The Labute approximate surface area is 129 Å². The van der Waals surface area contributed by atoms with E-state index in [4.69, 9.17) is 0 Å². The summed E-state index contributed by atoms with van der Waals surface area (Å²) in [6.07, 6.45) is 13.8. The predicted octanol–water partition coefficient (Wildman–Crippen LogP) is 3.56. The van der Waals surface area contributed by atoms with E-state index in [-0.39, 0.29) is 5.75 Å². The molecule has 1 aromatic heterocycles. The fourth-order valence-electron chi connectivity index (χ4n) is 1.93. The zero-order valence-corrected chi connectivity index (χ0v) is 13.9. The molecule has 0 spiro atoms. The molecular formula is C16H29NO3S. The first-order valence-corrected chi connectivity index (χ1v) is 9.48. The third-order valence-corrected chi connectivity index (χ3v) is 3.89. The van der Waals surface area contributed by atoms with Crippen molar-refractivity contribution >= 4 is 10.1 Å². The van der Waals surface area contributed by atoms with Gasteiger partial charge in [-0.15, -0.1) is 0 Å². The molecule has 0 saturated heterocycles. The van der Waals surface area contributed by atoms with E-state index in [0.29, 0.717) is 6.42 Å². The van der Waals surface area contributed by atoms with E-state index in [2.05, 4.69) is 11.9 Å². The lowest BCUT2D eigenvalue weighted by atomic mass is 10.1. The molecule has 1 heterocycles. The van der Waals surface area contributed by atoms with Crippen molar-refractivity contribution in [1.82, 2.24) is 0 Å². The van der Waals surface area contributed by atoms with Crippen LogP contribution < -0.4 is 4.98 Å². The molecule has 122 valence electrons. The van der Waals surface area contributed by atoms with Gasteiger partial charge in [-0.1, -0.05) is 64.4 Å². The van der Waals surface area contributed by atoms with Crippen LogP contribution in [0, 0.1) is 0 Å². The van der Waals surface area contributed by atoms with Crippen molar-refractivity contribution in [2.75, 3.05) is 5.75 Å². The van der Waals surface area contributed by atoms with Gasteiger partial charge in [-0.25, -0.2) is 13.4 Å². The zero-order chi connectivity index (χ0) is 15.8. The SMILES string of the molecule is CCCCCCCCCCCS(=O)(=O)[O-].c1cc[nH+]cc1. The maximum atomic E-state index is 10.3. The molecule has 0 aliphatic heterocycles. The van der Waals surface area contributed by atoms with Gasteiger partial charge in [0.15, 0.2) is 12.4 Å². The van der Waals surface area contributed by atoms with Crippen LogP contribution in [0.15, 0.2) is 30.6 Å². The first-order chi connectivity index (χ1) is 10.1. The number of unbranched alkanes of at least 4 members (excludes halogenated alkanes) is 8. The molecule has 0 saturated carbocycles. The van der Waals surface area contributed by atoms with Crippen molar-refractivity contribution in [3.63, 3.8) is 0 Å². The second-order valence-corrected chi connectivity index (χ2v) is 6.69. The Morgan fingerprint density at radius 2 is 1.29 bits per heavy atom. The molecule has 0 aliphatic carbocycles. The van der Waals surface area contributed by atoms with Gasteiger partial charge in [0.1, 0.15) is 0 Å². The molecule has 1 aromatic rings. The Morgan fingerprint density at radius 1 is 0.810 bits per heavy atom. The van der Waals surface area contributed by atoms with Gasteiger partial charge < -0.3 is 4.55 Å². The minimum absolute atomic E-state index is 0.192. The van der Waals surface area contributed by atoms with E-state index in [1.165, 1.54) is 38.5 Å². The van der Waals surface area contributed by atoms with Gasteiger partial charge in [0, 0.05) is 17.9 Å². The fourth-order valence-corrected chi connectivity index (χ4v) is 2.49. The maximum Gasteiger partial charge on any atom is 0.166 e. The Balaban J connectivity index is 0.000000547. The maximum absolute atomic E-state index is 10.3. The van der Waals surface area contributed by atoms with Crippen molar-refractivity contribution in [3.8, 4) is 0 Å². The van der Waals surface area contributed by atoms with Crippen LogP contribution in [0.25, 0.3) is 0 Å². The molecule has 21 heavy (non-hydrogen) atoms. The van der Waals surface area contributed by atoms with Gasteiger partial charge in [0.05, 0.1) is 10.1 Å². The lowest BCUT2D eigenvalue weighted by Gasteiger charge is -2.05. The van der Waals surface area contributed by atoms with Crippen LogP contribution in [-0.4, -0.2) is 18.7 Å². The molecule has 0 aromatic carbocycles. The molecule has 0 amide bonds. The molecule has 1 rings (SSSR count). The highest BCUT2D eigenvalue weighted by atomic mass is 32.2. The first kappa shape index (κ1) is 20.1. The van der Waals surface area contributed by atoms with Crippen LogP contribution in [0.2, 0.25) is 0 Å². The van der Waals surface area contributed by atoms with E-state index in [1.807, 2.05) is 30.6 Å². The largest absolute Gasteiger partial charge is 0.748 e. The van der Waals surface area contributed by atoms with Crippen molar-refractivity contribution < 1.29 is 18.0 Å². The predicted molar refractivity (Wildman–Crippen MR) is 84.8 cm³/mol. The van der Waals surface area contributed by atoms with Gasteiger partial charge in [-0.2, -0.15) is 0 Å². The Hall–Kier alpha value is -0.940. The van der Waals surface area contributed by atoms with E-state index >= 15 is 0 Å². The molecule has 5 heteroatoms. The number of rotatable bonds is 10. The van der Waals surface area contributed by atoms with Gasteiger partial charge >= 0.3 is 0 Å². The molecule has 0 fully saturated rings. The highest BCUT2D eigenvalue weighted by Crippen LogP contribution is 2.09. The number of hydrogen-bond acceptors (Lipinski definition) is 3. The number of aromatic amines is 1. The topological polar surface area (TPSA) is 71.3 Å². The standard InChI is InChI=1S/C11H24O3S.C5H5N/c1-2-3-4-5-6-7-8-9-10-11-15(12,13)14;1-2-4-6-5-3-1/h2-11H2,1H3,(H,12,13,14);1-5H. The molecule has 1 N–H and O–H groups in total.